The summed E-state index contributed by atoms with van der Waals surface area (Å²) in [5.74, 6) is 0.0296. The molecule has 1 fully saturated rings. The molecule has 25 heavy (non-hydrogen) atoms. The molecule has 0 saturated carbocycles. The summed E-state index contributed by atoms with van der Waals surface area (Å²) >= 11 is 0. The van der Waals surface area contributed by atoms with Crippen LogP contribution in [0.2, 0.25) is 0 Å². The van der Waals surface area contributed by atoms with Crippen LogP contribution in [-0.4, -0.2) is 58.3 Å². The van der Waals surface area contributed by atoms with E-state index in [9.17, 15) is 4.79 Å². The highest BCUT2D eigenvalue weighted by molar-refractivity contribution is 5.81. The lowest BCUT2D eigenvalue weighted by atomic mass is 10.1. The zero-order valence-electron chi connectivity index (χ0n) is 15.0. The van der Waals surface area contributed by atoms with Crippen molar-refractivity contribution >= 4 is 5.91 Å². The lowest BCUT2D eigenvalue weighted by molar-refractivity contribution is -0.148. The largest absolute Gasteiger partial charge is 0.366 e. The Hall–Kier alpha value is -2.18. The fourth-order valence-corrected chi connectivity index (χ4v) is 3.10. The second kappa shape index (κ2) is 8.27. The summed E-state index contributed by atoms with van der Waals surface area (Å²) in [6, 6.07) is 10.3. The number of benzene rings is 1. The predicted molar refractivity (Wildman–Crippen MR) is 95.8 cm³/mol. The van der Waals surface area contributed by atoms with E-state index in [2.05, 4.69) is 22.1 Å². The van der Waals surface area contributed by atoms with Gasteiger partial charge in [0.25, 0.3) is 5.91 Å². The Balaban J connectivity index is 1.55. The summed E-state index contributed by atoms with van der Waals surface area (Å²) in [6.07, 6.45) is 3.40. The van der Waals surface area contributed by atoms with E-state index < -0.39 is 6.10 Å². The molecule has 1 aliphatic rings. The van der Waals surface area contributed by atoms with Crippen LogP contribution < -0.4 is 0 Å². The summed E-state index contributed by atoms with van der Waals surface area (Å²) < 4.78 is 7.61. The van der Waals surface area contributed by atoms with Crippen LogP contribution in [0.25, 0.3) is 0 Å². The monoisotopic (exact) mass is 342 g/mol. The first-order valence-corrected chi connectivity index (χ1v) is 8.80. The zero-order chi connectivity index (χ0) is 17.6. The first-order valence-electron chi connectivity index (χ1n) is 8.80. The highest BCUT2D eigenvalue weighted by Crippen LogP contribution is 2.13. The van der Waals surface area contributed by atoms with Crippen LogP contribution in [0.1, 0.15) is 18.1 Å². The number of ether oxygens (including phenoxy) is 1. The molecule has 3 rings (SSSR count). The molecule has 0 N–H and O–H groups in total. The van der Waals surface area contributed by atoms with Gasteiger partial charge in [-0.05, 0) is 12.5 Å². The zero-order valence-corrected chi connectivity index (χ0v) is 15.0. The van der Waals surface area contributed by atoms with Gasteiger partial charge in [-0.1, -0.05) is 30.3 Å². The molecule has 0 aliphatic carbocycles. The van der Waals surface area contributed by atoms with E-state index in [-0.39, 0.29) is 5.91 Å². The van der Waals surface area contributed by atoms with Gasteiger partial charge in [-0.15, -0.1) is 0 Å². The van der Waals surface area contributed by atoms with Gasteiger partial charge in [-0.3, -0.25) is 14.4 Å². The van der Waals surface area contributed by atoms with E-state index in [4.69, 9.17) is 4.74 Å². The summed E-state index contributed by atoms with van der Waals surface area (Å²) in [6.45, 7) is 6.35. The highest BCUT2D eigenvalue weighted by atomic mass is 16.5. The molecule has 2 heterocycles. The number of likely N-dealkylation sites (N-methyl/N-ethyl adjacent to an activating group) is 1. The van der Waals surface area contributed by atoms with Gasteiger partial charge in [-0.2, -0.15) is 5.10 Å². The quantitative estimate of drug-likeness (QED) is 0.803. The van der Waals surface area contributed by atoms with Crippen LogP contribution in [-0.2, 0) is 29.2 Å². The minimum Gasteiger partial charge on any atom is -0.366 e. The number of carbonyl (C=O) groups is 1. The third kappa shape index (κ3) is 4.67. The second-order valence-corrected chi connectivity index (χ2v) is 6.48. The molecule has 1 aromatic carbocycles. The van der Waals surface area contributed by atoms with Gasteiger partial charge in [-0.25, -0.2) is 0 Å². The van der Waals surface area contributed by atoms with Crippen molar-refractivity contribution in [2.75, 3.05) is 26.7 Å². The van der Waals surface area contributed by atoms with Gasteiger partial charge in [0, 0.05) is 51.5 Å². The Morgan fingerprint density at radius 2 is 2.12 bits per heavy atom. The Bertz CT molecular complexity index is 686. The molecular formula is C19H26N4O2. The lowest BCUT2D eigenvalue weighted by Crippen LogP contribution is -2.49. The predicted octanol–water partition coefficient (Wildman–Crippen LogP) is 1.76. The molecule has 134 valence electrons. The van der Waals surface area contributed by atoms with E-state index >= 15 is 0 Å². The van der Waals surface area contributed by atoms with E-state index in [1.807, 2.05) is 49.2 Å². The van der Waals surface area contributed by atoms with Crippen molar-refractivity contribution < 1.29 is 9.53 Å². The molecule has 0 unspecified atom stereocenters. The van der Waals surface area contributed by atoms with Gasteiger partial charge in [0.1, 0.15) is 6.10 Å². The van der Waals surface area contributed by atoms with Crippen LogP contribution in [0.15, 0.2) is 42.7 Å². The number of aromatic nitrogens is 2. The van der Waals surface area contributed by atoms with Gasteiger partial charge in [0.2, 0.25) is 0 Å². The number of amides is 1. The number of morpholine rings is 1. The molecule has 6 nitrogen and oxygen atoms in total. The summed E-state index contributed by atoms with van der Waals surface area (Å²) in [5, 5.41) is 4.26. The van der Waals surface area contributed by atoms with Crippen molar-refractivity contribution in [2.45, 2.75) is 32.7 Å². The molecule has 1 aromatic heterocycles. The standard InChI is InChI=1S/C19H26N4O2/c1-3-23-14-17(11-20-23)12-21(2)19(24)18-15-22(9-10-25-18)13-16-7-5-4-6-8-16/h4-8,11,14,18H,3,9-10,12-13,15H2,1-2H3/t18-/m0/s1. The number of hydrogen-bond donors (Lipinski definition) is 0. The van der Waals surface area contributed by atoms with E-state index in [0.717, 1.165) is 25.2 Å². The molecule has 0 spiro atoms. The van der Waals surface area contributed by atoms with Gasteiger partial charge in [0.05, 0.1) is 12.8 Å². The number of rotatable bonds is 6. The molecule has 1 aliphatic heterocycles. The Morgan fingerprint density at radius 1 is 1.32 bits per heavy atom. The summed E-state index contributed by atoms with van der Waals surface area (Å²) in [4.78, 5) is 16.7. The maximum Gasteiger partial charge on any atom is 0.253 e. The Kier molecular flexibility index (Phi) is 5.83. The maximum atomic E-state index is 12.7. The smallest absolute Gasteiger partial charge is 0.253 e. The number of nitrogens with zero attached hydrogens (tertiary/aromatic N) is 4. The molecule has 1 atom stereocenters. The van der Waals surface area contributed by atoms with Gasteiger partial charge < -0.3 is 9.64 Å². The van der Waals surface area contributed by atoms with E-state index in [1.54, 1.807) is 4.90 Å². The SMILES string of the molecule is CCn1cc(CN(C)C(=O)[C@@H]2CN(Cc3ccccc3)CCO2)cn1. The third-order valence-electron chi connectivity index (χ3n) is 4.48. The van der Waals surface area contributed by atoms with Crippen LogP contribution >= 0.6 is 0 Å². The average molecular weight is 342 g/mol. The van der Waals surface area contributed by atoms with Crippen LogP contribution in [0, 0.1) is 0 Å². The number of carbonyl (C=O) groups excluding carboxylic acids is 1. The summed E-state index contributed by atoms with van der Waals surface area (Å²) in [5.41, 5.74) is 2.30. The minimum absolute atomic E-state index is 0.0296. The number of hydrogen-bond acceptors (Lipinski definition) is 4. The minimum atomic E-state index is -0.399. The van der Waals surface area contributed by atoms with E-state index in [0.29, 0.717) is 19.7 Å². The normalized spacial score (nSPS) is 18.2. The van der Waals surface area contributed by atoms with Crippen molar-refractivity contribution in [2.24, 2.45) is 0 Å². The van der Waals surface area contributed by atoms with Crippen LogP contribution in [0.5, 0.6) is 0 Å². The Morgan fingerprint density at radius 3 is 2.84 bits per heavy atom. The van der Waals surface area contributed by atoms with E-state index in [1.165, 1.54) is 5.56 Å². The van der Waals surface area contributed by atoms with Crippen molar-refractivity contribution in [1.29, 1.82) is 0 Å². The van der Waals surface area contributed by atoms with Crippen molar-refractivity contribution in [3.63, 3.8) is 0 Å². The fourth-order valence-electron chi connectivity index (χ4n) is 3.10. The molecule has 0 bridgehead atoms. The topological polar surface area (TPSA) is 50.6 Å². The van der Waals surface area contributed by atoms with Crippen molar-refractivity contribution in [3.8, 4) is 0 Å². The van der Waals surface area contributed by atoms with Crippen molar-refractivity contribution in [1.82, 2.24) is 19.6 Å². The molecule has 1 saturated heterocycles. The molecular weight excluding hydrogens is 316 g/mol. The second-order valence-electron chi connectivity index (χ2n) is 6.48. The lowest BCUT2D eigenvalue weighted by Gasteiger charge is -2.34. The van der Waals surface area contributed by atoms with Crippen LogP contribution in [0.3, 0.4) is 0 Å². The van der Waals surface area contributed by atoms with Crippen LogP contribution in [0.4, 0.5) is 0 Å². The van der Waals surface area contributed by atoms with Crippen molar-refractivity contribution in [3.05, 3.63) is 53.9 Å². The molecule has 0 radical (unpaired) electrons. The van der Waals surface area contributed by atoms with Gasteiger partial charge in [0.15, 0.2) is 0 Å². The van der Waals surface area contributed by atoms with Gasteiger partial charge >= 0.3 is 0 Å². The first kappa shape index (κ1) is 17.6. The molecule has 6 heteroatoms. The third-order valence-corrected chi connectivity index (χ3v) is 4.48. The highest BCUT2D eigenvalue weighted by Gasteiger charge is 2.29. The summed E-state index contributed by atoms with van der Waals surface area (Å²) in [7, 11) is 1.82. The molecule has 1 amide bonds. The fraction of sp³-hybridized carbons (Fsp3) is 0.474. The maximum absolute atomic E-state index is 12.7. The average Bonchev–Trinajstić information content (AvgIpc) is 3.09. The molecule has 2 aromatic rings. The Labute approximate surface area is 149 Å². The first-order chi connectivity index (χ1) is 12.2. The number of aryl methyl sites for hydroxylation is 1.